The number of nitrogens with zero attached hydrogens (tertiary/aromatic N) is 1. The summed E-state index contributed by atoms with van der Waals surface area (Å²) in [4.78, 5) is 25.7. The van der Waals surface area contributed by atoms with Gasteiger partial charge >= 0.3 is 0 Å². The summed E-state index contributed by atoms with van der Waals surface area (Å²) in [7, 11) is 0. The van der Waals surface area contributed by atoms with Crippen LogP contribution in [0.3, 0.4) is 0 Å². The second-order valence-electron chi connectivity index (χ2n) is 7.19. The molecule has 1 fully saturated rings. The summed E-state index contributed by atoms with van der Waals surface area (Å²) in [6.07, 6.45) is 1.89. The van der Waals surface area contributed by atoms with Gasteiger partial charge < -0.3 is 15.7 Å². The molecule has 0 saturated carbocycles. The maximum Gasteiger partial charge on any atom is 0.238 e. The summed E-state index contributed by atoms with van der Waals surface area (Å²) in [6.45, 7) is 3.59. The lowest BCUT2D eigenvalue weighted by molar-refractivity contribution is -0.117. The lowest BCUT2D eigenvalue weighted by Gasteiger charge is -2.32. The van der Waals surface area contributed by atoms with Gasteiger partial charge in [-0.25, -0.2) is 0 Å². The average Bonchev–Trinajstić information content (AvgIpc) is 2.70. The summed E-state index contributed by atoms with van der Waals surface area (Å²) in [5.41, 5.74) is 3.22. The highest BCUT2D eigenvalue weighted by atomic mass is 16.3. The molecule has 0 spiro atoms. The first-order chi connectivity index (χ1) is 13.5. The van der Waals surface area contributed by atoms with Crippen LogP contribution in [0.2, 0.25) is 0 Å². The fourth-order valence-electron chi connectivity index (χ4n) is 3.45. The molecule has 148 valence electrons. The van der Waals surface area contributed by atoms with Crippen LogP contribution in [-0.4, -0.2) is 47.4 Å². The van der Waals surface area contributed by atoms with E-state index in [1.807, 2.05) is 24.3 Å². The summed E-state index contributed by atoms with van der Waals surface area (Å²) >= 11 is 0. The van der Waals surface area contributed by atoms with E-state index in [-0.39, 0.29) is 18.3 Å². The maximum atomic E-state index is 12.3. The van der Waals surface area contributed by atoms with Crippen LogP contribution in [-0.2, 0) is 11.4 Å². The molecule has 2 aromatic carbocycles. The molecule has 3 N–H and O–H groups in total. The molecule has 1 aliphatic rings. The minimum atomic E-state index is -0.0485. The normalized spacial score (nSPS) is 15.2. The highest BCUT2D eigenvalue weighted by molar-refractivity contribution is 5.96. The maximum absolute atomic E-state index is 12.3. The van der Waals surface area contributed by atoms with Crippen LogP contribution in [0.25, 0.3) is 0 Å². The number of carbonyl (C=O) groups is 2. The van der Waals surface area contributed by atoms with Gasteiger partial charge in [-0.1, -0.05) is 18.2 Å². The largest absolute Gasteiger partial charge is 0.392 e. The lowest BCUT2D eigenvalue weighted by Crippen LogP contribution is -2.42. The highest BCUT2D eigenvalue weighted by Gasteiger charge is 2.21. The third-order valence-corrected chi connectivity index (χ3v) is 5.08. The van der Waals surface area contributed by atoms with Crippen molar-refractivity contribution in [2.75, 3.05) is 30.3 Å². The molecule has 0 unspecified atom stereocenters. The molecule has 3 rings (SSSR count). The summed E-state index contributed by atoms with van der Waals surface area (Å²) < 4.78 is 0. The summed E-state index contributed by atoms with van der Waals surface area (Å²) in [5.74, 6) is -0.0384. The molecular formula is C22H27N3O3. The Kier molecular flexibility index (Phi) is 6.79. The van der Waals surface area contributed by atoms with Crippen molar-refractivity contribution in [1.82, 2.24) is 4.90 Å². The third-order valence-electron chi connectivity index (χ3n) is 5.08. The first-order valence-corrected chi connectivity index (χ1v) is 9.63. The number of amides is 1. The second kappa shape index (κ2) is 9.48. The van der Waals surface area contributed by atoms with Crippen molar-refractivity contribution in [2.45, 2.75) is 32.4 Å². The predicted molar refractivity (Wildman–Crippen MR) is 111 cm³/mol. The zero-order valence-electron chi connectivity index (χ0n) is 16.1. The Morgan fingerprint density at radius 3 is 2.39 bits per heavy atom. The standard InChI is InChI=1S/C22H27N3O3/c1-16(27)17-6-8-19(9-7-17)24-22(28)14-25-12-10-20(11-13-25)23-21-5-3-2-4-18(21)15-26/h2-9,20,23,26H,10-15H2,1H3,(H,24,28). The molecule has 0 bridgehead atoms. The number of aliphatic hydroxyl groups is 1. The molecule has 0 radical (unpaired) electrons. The number of aliphatic hydroxyl groups excluding tert-OH is 1. The number of ketones is 1. The van der Waals surface area contributed by atoms with E-state index < -0.39 is 0 Å². The minimum Gasteiger partial charge on any atom is -0.392 e. The molecule has 2 aromatic rings. The molecule has 6 nitrogen and oxygen atoms in total. The van der Waals surface area contributed by atoms with E-state index >= 15 is 0 Å². The van der Waals surface area contributed by atoms with Crippen LogP contribution >= 0.6 is 0 Å². The zero-order valence-corrected chi connectivity index (χ0v) is 16.1. The van der Waals surface area contributed by atoms with Gasteiger partial charge in [0.05, 0.1) is 13.2 Å². The molecule has 0 aromatic heterocycles. The smallest absolute Gasteiger partial charge is 0.238 e. The monoisotopic (exact) mass is 381 g/mol. The fraction of sp³-hybridized carbons (Fsp3) is 0.364. The number of benzene rings is 2. The number of likely N-dealkylation sites (tertiary alicyclic amines) is 1. The molecule has 0 aliphatic carbocycles. The Morgan fingerprint density at radius 2 is 1.75 bits per heavy atom. The van der Waals surface area contributed by atoms with Crippen molar-refractivity contribution in [3.8, 4) is 0 Å². The van der Waals surface area contributed by atoms with E-state index in [4.69, 9.17) is 0 Å². The molecule has 1 amide bonds. The van der Waals surface area contributed by atoms with Gasteiger partial charge in [0.25, 0.3) is 0 Å². The van der Waals surface area contributed by atoms with Crippen molar-refractivity contribution in [1.29, 1.82) is 0 Å². The van der Waals surface area contributed by atoms with Gasteiger partial charge in [-0.3, -0.25) is 14.5 Å². The second-order valence-corrected chi connectivity index (χ2v) is 7.19. The highest BCUT2D eigenvalue weighted by Crippen LogP contribution is 2.20. The van der Waals surface area contributed by atoms with E-state index in [2.05, 4.69) is 15.5 Å². The molecule has 1 heterocycles. The molecule has 1 saturated heterocycles. The number of nitrogens with one attached hydrogen (secondary N) is 2. The van der Waals surface area contributed by atoms with Crippen molar-refractivity contribution in [3.05, 3.63) is 59.7 Å². The van der Waals surface area contributed by atoms with Crippen LogP contribution in [0.1, 0.15) is 35.7 Å². The average molecular weight is 381 g/mol. The van der Waals surface area contributed by atoms with Crippen LogP contribution < -0.4 is 10.6 Å². The third kappa shape index (κ3) is 5.41. The number of carbonyl (C=O) groups excluding carboxylic acids is 2. The van der Waals surface area contributed by atoms with E-state index in [0.29, 0.717) is 23.8 Å². The van der Waals surface area contributed by atoms with E-state index in [1.165, 1.54) is 6.92 Å². The van der Waals surface area contributed by atoms with Crippen molar-refractivity contribution in [3.63, 3.8) is 0 Å². The van der Waals surface area contributed by atoms with Gasteiger partial charge in [0, 0.05) is 41.6 Å². The zero-order chi connectivity index (χ0) is 19.9. The lowest BCUT2D eigenvalue weighted by atomic mass is 10.0. The first-order valence-electron chi connectivity index (χ1n) is 9.63. The number of piperidine rings is 1. The Hall–Kier alpha value is -2.70. The number of para-hydroxylation sites is 1. The summed E-state index contributed by atoms with van der Waals surface area (Å²) in [6, 6.07) is 15.1. The number of hydrogen-bond donors (Lipinski definition) is 3. The number of hydrogen-bond acceptors (Lipinski definition) is 5. The van der Waals surface area contributed by atoms with Gasteiger partial charge in [-0.2, -0.15) is 0 Å². The van der Waals surface area contributed by atoms with Gasteiger partial charge in [0.2, 0.25) is 5.91 Å². The topological polar surface area (TPSA) is 81.7 Å². The molecule has 28 heavy (non-hydrogen) atoms. The SMILES string of the molecule is CC(=O)c1ccc(NC(=O)CN2CCC(Nc3ccccc3CO)CC2)cc1. The molecular weight excluding hydrogens is 354 g/mol. The number of anilines is 2. The Bertz CT molecular complexity index is 812. The van der Waals surface area contributed by atoms with Gasteiger partial charge in [0.15, 0.2) is 5.78 Å². The van der Waals surface area contributed by atoms with Gasteiger partial charge in [-0.15, -0.1) is 0 Å². The van der Waals surface area contributed by atoms with Crippen LogP contribution in [0.5, 0.6) is 0 Å². The van der Waals surface area contributed by atoms with E-state index in [0.717, 1.165) is 37.2 Å². The molecule has 6 heteroatoms. The van der Waals surface area contributed by atoms with Gasteiger partial charge in [0.1, 0.15) is 0 Å². The van der Waals surface area contributed by atoms with Crippen molar-refractivity contribution >= 4 is 23.1 Å². The Balaban J connectivity index is 1.44. The quantitative estimate of drug-likeness (QED) is 0.643. The number of Topliss-reactive ketones (excluding diaryl/α,β-unsaturated/α-hetero) is 1. The Morgan fingerprint density at radius 1 is 1.07 bits per heavy atom. The Labute approximate surface area is 165 Å². The minimum absolute atomic E-state index is 0.0102. The first kappa shape index (κ1) is 20.0. The van der Waals surface area contributed by atoms with Crippen LogP contribution in [0.4, 0.5) is 11.4 Å². The predicted octanol–water partition coefficient (Wildman–Crippen LogP) is 2.90. The van der Waals surface area contributed by atoms with E-state index in [9.17, 15) is 14.7 Å². The number of rotatable bonds is 7. The van der Waals surface area contributed by atoms with Crippen LogP contribution in [0.15, 0.2) is 48.5 Å². The van der Waals surface area contributed by atoms with Crippen molar-refractivity contribution < 1.29 is 14.7 Å². The van der Waals surface area contributed by atoms with Crippen LogP contribution in [0, 0.1) is 0 Å². The van der Waals surface area contributed by atoms with Crippen molar-refractivity contribution in [2.24, 2.45) is 0 Å². The van der Waals surface area contributed by atoms with Gasteiger partial charge in [-0.05, 0) is 50.1 Å². The molecule has 0 atom stereocenters. The van der Waals surface area contributed by atoms with E-state index in [1.54, 1.807) is 24.3 Å². The summed E-state index contributed by atoms with van der Waals surface area (Å²) in [5, 5.41) is 15.8. The molecule has 1 aliphatic heterocycles. The fourth-order valence-corrected chi connectivity index (χ4v) is 3.45.